The lowest BCUT2D eigenvalue weighted by Crippen LogP contribution is -2.40. The molecule has 0 spiro atoms. The Kier molecular flexibility index (Phi) is 13.9. The van der Waals surface area contributed by atoms with Crippen LogP contribution in [0.1, 0.15) is 50.7 Å². The van der Waals surface area contributed by atoms with Crippen LogP contribution in [0.3, 0.4) is 0 Å². The fourth-order valence-electron chi connectivity index (χ4n) is 6.99. The fraction of sp³-hybridized carbons (Fsp3) is 0.227. The van der Waals surface area contributed by atoms with Gasteiger partial charge in [0.2, 0.25) is 5.91 Å². The minimum atomic E-state index is -1.48. The van der Waals surface area contributed by atoms with E-state index >= 15 is 0 Å². The van der Waals surface area contributed by atoms with Crippen LogP contribution in [-0.4, -0.2) is 98.8 Å². The molecule has 16 heteroatoms. The molecule has 0 radical (unpaired) electrons. The van der Waals surface area contributed by atoms with Crippen LogP contribution in [0.2, 0.25) is 0 Å². The van der Waals surface area contributed by atoms with Gasteiger partial charge in [0.1, 0.15) is 29.3 Å². The van der Waals surface area contributed by atoms with Gasteiger partial charge < -0.3 is 40.4 Å². The minimum absolute atomic E-state index is 0.0397. The quantitative estimate of drug-likeness (QED) is 0.103. The first-order valence-electron chi connectivity index (χ1n) is 19.3. The molecule has 1 aliphatic rings. The molecule has 3 heterocycles. The lowest BCUT2D eigenvalue weighted by Gasteiger charge is -2.32. The van der Waals surface area contributed by atoms with Crippen LogP contribution in [0.25, 0.3) is 22.3 Å². The number of nitrogens with two attached hydrogens (primary N) is 1. The highest BCUT2D eigenvalue weighted by Gasteiger charge is 2.28. The summed E-state index contributed by atoms with van der Waals surface area (Å²) in [6, 6.07) is 28.7. The van der Waals surface area contributed by atoms with Crippen molar-refractivity contribution >= 4 is 47.2 Å². The normalized spacial score (nSPS) is 13.4. The first-order valence-corrected chi connectivity index (χ1v) is 19.3. The Balaban J connectivity index is 0.000000243. The smallest absolute Gasteiger partial charge is 0.488 e. The molecule has 0 aliphatic carbocycles. The number of anilines is 1. The molecule has 1 aliphatic heterocycles. The van der Waals surface area contributed by atoms with Gasteiger partial charge in [-0.1, -0.05) is 79.4 Å². The zero-order valence-electron chi connectivity index (χ0n) is 33.7. The second-order valence-electron chi connectivity index (χ2n) is 14.1. The van der Waals surface area contributed by atoms with Crippen molar-refractivity contribution in [3.63, 3.8) is 0 Å². The van der Waals surface area contributed by atoms with Gasteiger partial charge >= 0.3 is 7.12 Å². The van der Waals surface area contributed by atoms with E-state index in [9.17, 15) is 14.4 Å². The van der Waals surface area contributed by atoms with Crippen molar-refractivity contribution in [3.8, 4) is 22.8 Å². The number of methoxy groups -OCH3 is 2. The lowest BCUT2D eigenvalue weighted by atomic mass is 9.80. The molecular formula is C44H47BN8O7. The maximum Gasteiger partial charge on any atom is 0.488 e. The second kappa shape index (κ2) is 19.6. The zero-order chi connectivity index (χ0) is 42.8. The summed E-state index contributed by atoms with van der Waals surface area (Å²) < 4.78 is 12.4. The van der Waals surface area contributed by atoms with Crippen molar-refractivity contribution in [3.05, 3.63) is 138 Å². The molecule has 4 aromatic carbocycles. The largest absolute Gasteiger partial charge is 0.496 e. The summed E-state index contributed by atoms with van der Waals surface area (Å²) in [4.78, 5) is 49.5. The number of nitrogen functional groups attached to an aromatic ring is 1. The van der Waals surface area contributed by atoms with Gasteiger partial charge in [-0.25, -0.2) is 14.6 Å². The first kappa shape index (κ1) is 42.6. The van der Waals surface area contributed by atoms with Crippen LogP contribution in [0.4, 0.5) is 5.82 Å². The number of aromatic nitrogens is 4. The Hall–Kier alpha value is -7.04. The van der Waals surface area contributed by atoms with E-state index in [-0.39, 0.29) is 23.8 Å². The average Bonchev–Trinajstić information content (AvgIpc) is 3.69. The molecule has 1 saturated heterocycles. The minimum Gasteiger partial charge on any atom is -0.496 e. The van der Waals surface area contributed by atoms with Crippen LogP contribution in [-0.2, 0) is 17.9 Å². The molecule has 3 amide bonds. The summed E-state index contributed by atoms with van der Waals surface area (Å²) in [7, 11) is 3.35. The highest BCUT2D eigenvalue weighted by atomic mass is 16.5. The summed E-state index contributed by atoms with van der Waals surface area (Å²) >= 11 is 0. The van der Waals surface area contributed by atoms with Gasteiger partial charge in [-0.15, -0.1) is 0 Å². The van der Waals surface area contributed by atoms with E-state index in [4.69, 9.17) is 30.4 Å². The van der Waals surface area contributed by atoms with E-state index < -0.39 is 7.12 Å². The third-order valence-electron chi connectivity index (χ3n) is 10.2. The molecular weight excluding hydrogens is 763 g/mol. The second-order valence-corrected chi connectivity index (χ2v) is 14.1. The molecule has 5 N–H and O–H groups in total. The van der Waals surface area contributed by atoms with Gasteiger partial charge in [-0.2, -0.15) is 5.10 Å². The number of hydrogen-bond donors (Lipinski definition) is 4. The number of benzene rings is 4. The summed E-state index contributed by atoms with van der Waals surface area (Å²) in [6.45, 7) is 5.61. The average molecular weight is 811 g/mol. The van der Waals surface area contributed by atoms with E-state index in [1.165, 1.54) is 19.5 Å². The molecule has 308 valence electrons. The van der Waals surface area contributed by atoms with Crippen molar-refractivity contribution < 1.29 is 33.9 Å². The van der Waals surface area contributed by atoms with E-state index in [1.807, 2.05) is 41.1 Å². The molecule has 2 aromatic heterocycles. The van der Waals surface area contributed by atoms with Crippen LogP contribution in [0.5, 0.6) is 11.5 Å². The molecule has 1 fully saturated rings. The number of ether oxygens (including phenoxy) is 2. The highest BCUT2D eigenvalue weighted by Crippen LogP contribution is 2.34. The predicted molar refractivity (Wildman–Crippen MR) is 229 cm³/mol. The number of nitrogens with zero attached hydrogens (tertiary/aromatic N) is 6. The standard InChI is InChI=1S/C29H31N7O3.C15H16BNO4/c1-4-24(37)35-15-7-8-21(17-35)36-28-25(27(30)31-18-32-28)26(33-36)20-13-11-19(12-14-20)16-34(2)29(38)22-9-5-6-10-23(22)39-3;1-21-14-5-3-2-4-13(14)15(18)17-10-11-6-8-12(9-7-11)16(19)20/h4-6,9-14,18,21H,1,7-8,15-17H2,2-3H3,(H2,30,31,32);2-9,19-20H,10H2,1H3,(H,17,18)/t21-;/m1./s1. The van der Waals surface area contributed by atoms with Crippen molar-refractivity contribution in [1.29, 1.82) is 0 Å². The molecule has 0 unspecified atom stereocenters. The Bertz CT molecular complexity index is 2460. The van der Waals surface area contributed by atoms with Gasteiger partial charge in [0.25, 0.3) is 11.8 Å². The number of likely N-dealkylation sites (tertiary alicyclic amines) is 1. The SMILES string of the molecule is C=CC(=O)N1CCC[C@@H](n2nc(-c3ccc(CN(C)C(=O)c4ccccc4OC)cc3)c3c(N)ncnc32)C1.COc1ccccc1C(=O)NCc1ccc(B(O)O)cc1. The number of amides is 3. The molecule has 1 atom stereocenters. The molecule has 60 heavy (non-hydrogen) atoms. The third-order valence-corrected chi connectivity index (χ3v) is 10.2. The van der Waals surface area contributed by atoms with Gasteiger partial charge in [0.05, 0.1) is 36.8 Å². The number of piperidine rings is 1. The summed E-state index contributed by atoms with van der Waals surface area (Å²) in [5, 5.41) is 26.4. The first-order chi connectivity index (χ1) is 29.0. The Morgan fingerprint density at radius 2 is 1.55 bits per heavy atom. The number of carbonyl (C=O) groups excluding carboxylic acids is 3. The van der Waals surface area contributed by atoms with E-state index in [2.05, 4.69) is 21.9 Å². The van der Waals surface area contributed by atoms with Crippen molar-refractivity contribution in [2.24, 2.45) is 0 Å². The monoisotopic (exact) mass is 810 g/mol. The van der Waals surface area contributed by atoms with Crippen LogP contribution in [0, 0.1) is 0 Å². The van der Waals surface area contributed by atoms with Gasteiger partial charge in [0.15, 0.2) is 5.65 Å². The molecule has 15 nitrogen and oxygen atoms in total. The topological polar surface area (TPSA) is 198 Å². The Morgan fingerprint density at radius 3 is 2.20 bits per heavy atom. The number of rotatable bonds is 12. The molecule has 7 rings (SSSR count). The lowest BCUT2D eigenvalue weighted by molar-refractivity contribution is -0.127. The van der Waals surface area contributed by atoms with Crippen molar-refractivity contribution in [2.45, 2.75) is 32.0 Å². The third kappa shape index (κ3) is 9.80. The van der Waals surface area contributed by atoms with E-state index in [0.29, 0.717) is 76.8 Å². The summed E-state index contributed by atoms with van der Waals surface area (Å²) in [5.74, 6) is 0.981. The molecule has 0 bridgehead atoms. The molecule has 6 aromatic rings. The zero-order valence-corrected chi connectivity index (χ0v) is 33.7. The number of para-hydroxylation sites is 2. The summed E-state index contributed by atoms with van der Waals surface area (Å²) in [5.41, 5.74) is 11.7. The van der Waals surface area contributed by atoms with E-state index in [1.54, 1.807) is 84.6 Å². The van der Waals surface area contributed by atoms with Crippen molar-refractivity contribution in [2.75, 3.05) is 40.1 Å². The number of nitrogens with one attached hydrogen (secondary N) is 1. The maximum absolute atomic E-state index is 13.0. The number of fused-ring (bicyclic) bond motifs is 1. The van der Waals surface area contributed by atoms with Gasteiger partial charge in [-0.3, -0.25) is 14.4 Å². The van der Waals surface area contributed by atoms with Crippen molar-refractivity contribution in [1.82, 2.24) is 34.9 Å². The number of carbonyl (C=O) groups is 3. The number of hydrogen-bond acceptors (Lipinski definition) is 11. The van der Waals surface area contributed by atoms with E-state index in [0.717, 1.165) is 29.5 Å². The van der Waals surface area contributed by atoms with Gasteiger partial charge in [0, 0.05) is 38.8 Å². The van der Waals surface area contributed by atoms with Crippen LogP contribution >= 0.6 is 0 Å². The van der Waals surface area contributed by atoms with Crippen LogP contribution in [0.15, 0.2) is 116 Å². The predicted octanol–water partition coefficient (Wildman–Crippen LogP) is 4.01. The summed E-state index contributed by atoms with van der Waals surface area (Å²) in [6.07, 6.45) is 4.51. The van der Waals surface area contributed by atoms with Gasteiger partial charge in [-0.05, 0) is 59.8 Å². The fourth-order valence-corrected chi connectivity index (χ4v) is 6.99. The highest BCUT2D eigenvalue weighted by molar-refractivity contribution is 6.58. The van der Waals surface area contributed by atoms with Crippen LogP contribution < -0.4 is 26.0 Å². The maximum atomic E-state index is 13.0. The molecule has 0 saturated carbocycles. The Labute approximate surface area is 348 Å². The Morgan fingerprint density at radius 1 is 0.917 bits per heavy atom.